The van der Waals surface area contributed by atoms with Crippen LogP contribution < -0.4 is 5.32 Å². The maximum Gasteiger partial charge on any atom is 0.159 e. The van der Waals surface area contributed by atoms with Gasteiger partial charge in [-0.1, -0.05) is 6.92 Å². The summed E-state index contributed by atoms with van der Waals surface area (Å²) < 4.78 is 7.82. The van der Waals surface area contributed by atoms with Gasteiger partial charge in [-0.3, -0.25) is 0 Å². The number of hydrogen-bond acceptors (Lipinski definition) is 4. The molecule has 1 aromatic rings. The second kappa shape index (κ2) is 3.40. The van der Waals surface area contributed by atoms with Crippen molar-refractivity contribution in [3.05, 3.63) is 6.20 Å². The number of rotatable bonds is 3. The van der Waals surface area contributed by atoms with Crippen molar-refractivity contribution in [2.45, 2.75) is 13.3 Å². The zero-order chi connectivity index (χ0) is 6.53. The molecule has 0 unspecified atom stereocenters. The Kier molecular flexibility index (Phi) is 2.45. The van der Waals surface area contributed by atoms with Gasteiger partial charge in [0.05, 0.1) is 17.9 Å². The van der Waals surface area contributed by atoms with Gasteiger partial charge in [-0.2, -0.15) is 8.75 Å². The van der Waals surface area contributed by atoms with Gasteiger partial charge in [-0.05, 0) is 6.42 Å². The first-order chi connectivity index (χ1) is 4.43. The highest BCUT2D eigenvalue weighted by Crippen LogP contribution is 2.00. The number of anilines is 1. The Labute approximate surface area is 58.4 Å². The van der Waals surface area contributed by atoms with Gasteiger partial charge in [0.15, 0.2) is 5.82 Å². The van der Waals surface area contributed by atoms with Gasteiger partial charge in [-0.15, -0.1) is 0 Å². The molecule has 1 aromatic heterocycles. The molecular formula is C5H9N3S. The summed E-state index contributed by atoms with van der Waals surface area (Å²) in [6.07, 6.45) is 2.86. The zero-order valence-electron chi connectivity index (χ0n) is 5.29. The molecule has 1 rings (SSSR count). The molecule has 0 saturated carbocycles. The molecule has 9 heavy (non-hydrogen) atoms. The highest BCUT2D eigenvalue weighted by Gasteiger charge is 1.89. The van der Waals surface area contributed by atoms with E-state index in [2.05, 4.69) is 21.0 Å². The lowest BCUT2D eigenvalue weighted by Crippen LogP contribution is -1.98. The first-order valence-corrected chi connectivity index (χ1v) is 3.68. The van der Waals surface area contributed by atoms with Crippen LogP contribution in [0.3, 0.4) is 0 Å². The molecule has 4 heteroatoms. The van der Waals surface area contributed by atoms with E-state index in [-0.39, 0.29) is 0 Å². The number of aromatic nitrogens is 2. The normalized spacial score (nSPS) is 9.44. The van der Waals surface area contributed by atoms with Crippen LogP contribution in [0, 0.1) is 0 Å². The third kappa shape index (κ3) is 1.97. The third-order valence-corrected chi connectivity index (χ3v) is 1.40. The average Bonchev–Trinajstić information content (AvgIpc) is 2.34. The lowest BCUT2D eigenvalue weighted by molar-refractivity contribution is 0.974. The quantitative estimate of drug-likeness (QED) is 0.694. The molecule has 0 aromatic carbocycles. The van der Waals surface area contributed by atoms with Crippen molar-refractivity contribution in [2.24, 2.45) is 0 Å². The standard InChI is InChI=1S/C5H9N3S/c1-2-3-6-5-4-7-9-8-5/h4H,2-3H2,1H3,(H,6,8). The Balaban J connectivity index is 2.30. The van der Waals surface area contributed by atoms with E-state index in [1.165, 1.54) is 11.7 Å². The van der Waals surface area contributed by atoms with Crippen molar-refractivity contribution in [2.75, 3.05) is 11.9 Å². The van der Waals surface area contributed by atoms with E-state index in [1.807, 2.05) is 0 Å². The molecule has 0 saturated heterocycles. The van der Waals surface area contributed by atoms with Crippen LogP contribution in [-0.2, 0) is 0 Å². The van der Waals surface area contributed by atoms with E-state index in [9.17, 15) is 0 Å². The summed E-state index contributed by atoms with van der Waals surface area (Å²) in [7, 11) is 0. The zero-order valence-corrected chi connectivity index (χ0v) is 6.11. The first-order valence-electron chi connectivity index (χ1n) is 2.95. The van der Waals surface area contributed by atoms with Crippen molar-refractivity contribution in [3.63, 3.8) is 0 Å². The van der Waals surface area contributed by atoms with Gasteiger partial charge >= 0.3 is 0 Å². The minimum Gasteiger partial charge on any atom is -0.368 e. The van der Waals surface area contributed by atoms with Gasteiger partial charge in [0.2, 0.25) is 0 Å². The summed E-state index contributed by atoms with van der Waals surface area (Å²) in [5.41, 5.74) is 0. The molecule has 0 spiro atoms. The van der Waals surface area contributed by atoms with Crippen LogP contribution in [0.15, 0.2) is 6.20 Å². The van der Waals surface area contributed by atoms with E-state index in [0.29, 0.717) is 0 Å². The summed E-state index contributed by atoms with van der Waals surface area (Å²) in [6.45, 7) is 3.10. The monoisotopic (exact) mass is 143 g/mol. The lowest BCUT2D eigenvalue weighted by Gasteiger charge is -1.95. The van der Waals surface area contributed by atoms with Crippen molar-refractivity contribution in [3.8, 4) is 0 Å². The Hall–Kier alpha value is -0.640. The fourth-order valence-corrected chi connectivity index (χ4v) is 0.889. The largest absolute Gasteiger partial charge is 0.368 e. The molecule has 3 nitrogen and oxygen atoms in total. The van der Waals surface area contributed by atoms with E-state index >= 15 is 0 Å². The SMILES string of the molecule is CCCNc1cnsn1. The second-order valence-corrected chi connectivity index (χ2v) is 2.28. The average molecular weight is 143 g/mol. The van der Waals surface area contributed by atoms with Gasteiger partial charge in [0, 0.05) is 6.54 Å². The maximum absolute atomic E-state index is 3.97. The Morgan fingerprint density at radius 1 is 1.78 bits per heavy atom. The van der Waals surface area contributed by atoms with Crippen molar-refractivity contribution < 1.29 is 0 Å². The first kappa shape index (κ1) is 6.48. The molecule has 0 atom stereocenters. The van der Waals surface area contributed by atoms with Gasteiger partial charge < -0.3 is 5.32 Å². The van der Waals surface area contributed by atoms with Crippen molar-refractivity contribution in [1.82, 2.24) is 8.75 Å². The molecule has 0 fully saturated rings. The number of nitrogens with one attached hydrogen (secondary N) is 1. The molecule has 1 heterocycles. The maximum atomic E-state index is 3.97. The molecule has 0 aliphatic carbocycles. The van der Waals surface area contributed by atoms with Crippen LogP contribution in [0.1, 0.15) is 13.3 Å². The topological polar surface area (TPSA) is 37.8 Å². The Bertz CT molecular complexity index is 149. The minimum atomic E-state index is 0.891. The van der Waals surface area contributed by atoms with Gasteiger partial charge in [0.25, 0.3) is 0 Å². The molecule has 0 aliphatic rings. The van der Waals surface area contributed by atoms with Crippen LogP contribution in [0.25, 0.3) is 0 Å². The summed E-state index contributed by atoms with van der Waals surface area (Å²) in [5, 5.41) is 3.11. The lowest BCUT2D eigenvalue weighted by atomic mass is 10.5. The molecule has 1 N–H and O–H groups in total. The molecule has 0 aliphatic heterocycles. The highest BCUT2D eigenvalue weighted by atomic mass is 32.1. The summed E-state index contributed by atoms with van der Waals surface area (Å²) in [4.78, 5) is 0. The van der Waals surface area contributed by atoms with E-state index in [1.54, 1.807) is 6.20 Å². The highest BCUT2D eigenvalue weighted by molar-refractivity contribution is 6.99. The van der Waals surface area contributed by atoms with Crippen molar-refractivity contribution in [1.29, 1.82) is 0 Å². The molecular weight excluding hydrogens is 134 g/mol. The Morgan fingerprint density at radius 2 is 2.67 bits per heavy atom. The van der Waals surface area contributed by atoms with Crippen LogP contribution in [-0.4, -0.2) is 15.3 Å². The fourth-order valence-electron chi connectivity index (χ4n) is 0.496. The molecule has 0 radical (unpaired) electrons. The molecule has 0 bridgehead atoms. The van der Waals surface area contributed by atoms with Crippen LogP contribution in [0.5, 0.6) is 0 Å². The van der Waals surface area contributed by atoms with Gasteiger partial charge in [-0.25, -0.2) is 0 Å². The van der Waals surface area contributed by atoms with Crippen LogP contribution in [0.2, 0.25) is 0 Å². The smallest absolute Gasteiger partial charge is 0.159 e. The number of hydrogen-bond donors (Lipinski definition) is 1. The van der Waals surface area contributed by atoms with Crippen LogP contribution in [0.4, 0.5) is 5.82 Å². The van der Waals surface area contributed by atoms with E-state index in [0.717, 1.165) is 18.8 Å². The van der Waals surface area contributed by atoms with Crippen molar-refractivity contribution >= 4 is 17.5 Å². The number of nitrogens with zero attached hydrogens (tertiary/aromatic N) is 2. The predicted molar refractivity (Wildman–Crippen MR) is 38.7 cm³/mol. The van der Waals surface area contributed by atoms with Gasteiger partial charge in [0.1, 0.15) is 0 Å². The molecule has 50 valence electrons. The predicted octanol–water partition coefficient (Wildman–Crippen LogP) is 1.36. The Morgan fingerprint density at radius 3 is 3.22 bits per heavy atom. The molecule has 0 amide bonds. The summed E-state index contributed by atoms with van der Waals surface area (Å²) in [5.74, 6) is 0.891. The third-order valence-electron chi connectivity index (χ3n) is 0.917. The fraction of sp³-hybridized carbons (Fsp3) is 0.600. The van der Waals surface area contributed by atoms with E-state index in [4.69, 9.17) is 0 Å². The minimum absolute atomic E-state index is 0.891. The van der Waals surface area contributed by atoms with Crippen LogP contribution >= 0.6 is 11.7 Å². The van der Waals surface area contributed by atoms with E-state index < -0.39 is 0 Å². The summed E-state index contributed by atoms with van der Waals surface area (Å²) in [6, 6.07) is 0. The summed E-state index contributed by atoms with van der Waals surface area (Å²) >= 11 is 1.23. The second-order valence-electron chi connectivity index (χ2n) is 1.72.